The van der Waals surface area contributed by atoms with Crippen molar-refractivity contribution in [3.8, 4) is 0 Å². The predicted octanol–water partition coefficient (Wildman–Crippen LogP) is 3.47. The van der Waals surface area contributed by atoms with Crippen molar-refractivity contribution < 1.29 is 14.3 Å². The Hall–Kier alpha value is -2.53. The first-order valence-corrected chi connectivity index (χ1v) is 7.97. The molecule has 2 N–H and O–H groups in total. The summed E-state index contributed by atoms with van der Waals surface area (Å²) in [6, 6.07) is 12.7. The van der Waals surface area contributed by atoms with E-state index in [1.54, 1.807) is 24.3 Å². The van der Waals surface area contributed by atoms with Crippen LogP contribution in [0.4, 0.5) is 11.4 Å². The second-order valence-electron chi connectivity index (χ2n) is 5.61. The molecule has 1 fully saturated rings. The van der Waals surface area contributed by atoms with E-state index in [1.165, 1.54) is 7.11 Å². The van der Waals surface area contributed by atoms with Crippen LogP contribution in [-0.4, -0.2) is 25.5 Å². The highest BCUT2D eigenvalue weighted by Gasteiger charge is 2.23. The van der Waals surface area contributed by atoms with Gasteiger partial charge in [0.25, 0.3) is 0 Å². The number of para-hydroxylation sites is 1. The number of rotatable bonds is 4. The third-order valence-corrected chi connectivity index (χ3v) is 4.37. The molecule has 1 atom stereocenters. The highest BCUT2D eigenvalue weighted by Crippen LogP contribution is 2.32. The van der Waals surface area contributed by atoms with Gasteiger partial charge >= 0.3 is 5.97 Å². The number of carbonyl (C=O) groups is 2. The van der Waals surface area contributed by atoms with Crippen LogP contribution in [-0.2, 0) is 9.53 Å². The number of benzene rings is 2. The van der Waals surface area contributed by atoms with Crippen LogP contribution < -0.4 is 10.6 Å². The van der Waals surface area contributed by atoms with Gasteiger partial charge in [-0.3, -0.25) is 4.79 Å². The summed E-state index contributed by atoms with van der Waals surface area (Å²) in [4.78, 5) is 23.3. The van der Waals surface area contributed by atoms with E-state index in [9.17, 15) is 9.59 Å². The van der Waals surface area contributed by atoms with Crippen molar-refractivity contribution in [2.45, 2.75) is 12.3 Å². The Labute approximate surface area is 145 Å². The molecule has 2 aromatic rings. The second-order valence-corrected chi connectivity index (χ2v) is 6.01. The molecular formula is C18H17ClN2O3. The molecule has 0 radical (unpaired) electrons. The molecule has 6 heteroatoms. The standard InChI is InChI=1S/C18H17ClN2O3/c1-24-18(23)13-4-2-3-5-15(13)21-16-8-11(6-7-14(16)19)12-9-17(22)20-10-12/h2-8,12,21H,9-10H2,1H3,(H,20,22)/t12-/m0/s1. The number of hydrogen-bond acceptors (Lipinski definition) is 4. The van der Waals surface area contributed by atoms with Crippen molar-refractivity contribution in [2.24, 2.45) is 0 Å². The summed E-state index contributed by atoms with van der Waals surface area (Å²) in [6.45, 7) is 0.624. The summed E-state index contributed by atoms with van der Waals surface area (Å²) < 4.78 is 4.80. The van der Waals surface area contributed by atoms with Crippen molar-refractivity contribution in [2.75, 3.05) is 19.0 Å². The Morgan fingerprint density at radius 2 is 2.04 bits per heavy atom. The highest BCUT2D eigenvalue weighted by molar-refractivity contribution is 6.33. The van der Waals surface area contributed by atoms with Gasteiger partial charge in [0, 0.05) is 18.9 Å². The monoisotopic (exact) mass is 344 g/mol. The van der Waals surface area contributed by atoms with Gasteiger partial charge in [-0.15, -0.1) is 0 Å². The predicted molar refractivity (Wildman–Crippen MR) is 92.9 cm³/mol. The molecule has 24 heavy (non-hydrogen) atoms. The maximum atomic E-state index is 11.9. The van der Waals surface area contributed by atoms with Gasteiger partial charge in [-0.25, -0.2) is 4.79 Å². The lowest BCUT2D eigenvalue weighted by atomic mass is 9.97. The topological polar surface area (TPSA) is 67.4 Å². The largest absolute Gasteiger partial charge is 0.465 e. The Kier molecular flexibility index (Phi) is 4.71. The van der Waals surface area contributed by atoms with Gasteiger partial charge in [0.05, 0.1) is 29.1 Å². The molecule has 0 aromatic heterocycles. The molecule has 124 valence electrons. The molecule has 1 saturated heterocycles. The number of hydrogen-bond donors (Lipinski definition) is 2. The van der Waals surface area contributed by atoms with Crippen LogP contribution in [0.25, 0.3) is 0 Å². The number of nitrogens with one attached hydrogen (secondary N) is 2. The second kappa shape index (κ2) is 6.93. The van der Waals surface area contributed by atoms with Crippen LogP contribution in [0.5, 0.6) is 0 Å². The summed E-state index contributed by atoms with van der Waals surface area (Å²) in [5.74, 6) is -0.234. The SMILES string of the molecule is COC(=O)c1ccccc1Nc1cc([C@@H]2CNC(=O)C2)ccc1Cl. The van der Waals surface area contributed by atoms with Crippen molar-refractivity contribution in [1.29, 1.82) is 0 Å². The minimum Gasteiger partial charge on any atom is -0.465 e. The fraction of sp³-hybridized carbons (Fsp3) is 0.222. The molecule has 1 aliphatic rings. The Balaban J connectivity index is 1.90. The summed E-state index contributed by atoms with van der Waals surface area (Å²) in [5.41, 5.74) is 2.75. The number of ether oxygens (including phenoxy) is 1. The Morgan fingerprint density at radius 1 is 1.25 bits per heavy atom. The zero-order valence-electron chi connectivity index (χ0n) is 13.1. The maximum absolute atomic E-state index is 11.9. The van der Waals surface area contributed by atoms with E-state index in [2.05, 4.69) is 10.6 Å². The first kappa shape index (κ1) is 16.3. The molecule has 0 aliphatic carbocycles. The molecular weight excluding hydrogens is 328 g/mol. The molecule has 0 spiro atoms. The first-order valence-electron chi connectivity index (χ1n) is 7.59. The average molecular weight is 345 g/mol. The summed E-state index contributed by atoms with van der Waals surface area (Å²) in [6.07, 6.45) is 0.472. The van der Waals surface area contributed by atoms with E-state index in [1.807, 2.05) is 18.2 Å². The smallest absolute Gasteiger partial charge is 0.339 e. The van der Waals surface area contributed by atoms with E-state index in [-0.39, 0.29) is 11.8 Å². The molecule has 1 amide bonds. The Morgan fingerprint density at radius 3 is 2.75 bits per heavy atom. The zero-order chi connectivity index (χ0) is 17.1. The van der Waals surface area contributed by atoms with Crippen molar-refractivity contribution in [3.63, 3.8) is 0 Å². The third kappa shape index (κ3) is 3.36. The van der Waals surface area contributed by atoms with Gasteiger partial charge in [0.15, 0.2) is 0 Å². The van der Waals surface area contributed by atoms with E-state index in [4.69, 9.17) is 16.3 Å². The molecule has 0 bridgehead atoms. The normalized spacial score (nSPS) is 16.6. The van der Waals surface area contributed by atoms with Gasteiger partial charge in [0.2, 0.25) is 5.91 Å². The van der Waals surface area contributed by atoms with E-state index in [0.717, 1.165) is 5.56 Å². The first-order chi connectivity index (χ1) is 11.6. The maximum Gasteiger partial charge on any atom is 0.339 e. The van der Waals surface area contributed by atoms with Gasteiger partial charge in [-0.2, -0.15) is 0 Å². The summed E-state index contributed by atoms with van der Waals surface area (Å²) >= 11 is 6.29. The molecule has 1 heterocycles. The number of methoxy groups -OCH3 is 1. The molecule has 0 unspecified atom stereocenters. The van der Waals surface area contributed by atoms with Crippen molar-refractivity contribution in [3.05, 3.63) is 58.6 Å². The molecule has 5 nitrogen and oxygen atoms in total. The van der Waals surface area contributed by atoms with Gasteiger partial charge in [-0.05, 0) is 29.8 Å². The molecule has 2 aromatic carbocycles. The lowest BCUT2D eigenvalue weighted by Crippen LogP contribution is -2.13. The third-order valence-electron chi connectivity index (χ3n) is 4.04. The minimum absolute atomic E-state index is 0.0560. The van der Waals surface area contributed by atoms with Crippen molar-refractivity contribution >= 4 is 34.9 Å². The van der Waals surface area contributed by atoms with E-state index in [0.29, 0.717) is 34.9 Å². The number of amides is 1. The van der Waals surface area contributed by atoms with E-state index < -0.39 is 5.97 Å². The van der Waals surface area contributed by atoms with Gasteiger partial charge < -0.3 is 15.4 Å². The lowest BCUT2D eigenvalue weighted by Gasteiger charge is -2.15. The van der Waals surface area contributed by atoms with Crippen LogP contribution in [0.3, 0.4) is 0 Å². The van der Waals surface area contributed by atoms with Crippen LogP contribution in [0.1, 0.15) is 28.3 Å². The van der Waals surface area contributed by atoms with Crippen LogP contribution >= 0.6 is 11.6 Å². The molecule has 1 aliphatic heterocycles. The van der Waals surface area contributed by atoms with Gasteiger partial charge in [0.1, 0.15) is 0 Å². The van der Waals surface area contributed by atoms with Crippen molar-refractivity contribution in [1.82, 2.24) is 5.32 Å². The fourth-order valence-electron chi connectivity index (χ4n) is 2.76. The van der Waals surface area contributed by atoms with Gasteiger partial charge in [-0.1, -0.05) is 29.8 Å². The quantitative estimate of drug-likeness (QED) is 0.833. The average Bonchev–Trinajstić information content (AvgIpc) is 3.03. The highest BCUT2D eigenvalue weighted by atomic mass is 35.5. The minimum atomic E-state index is -0.420. The zero-order valence-corrected chi connectivity index (χ0v) is 13.9. The van der Waals surface area contributed by atoms with E-state index >= 15 is 0 Å². The summed E-state index contributed by atoms with van der Waals surface area (Å²) in [7, 11) is 1.34. The number of esters is 1. The van der Waals surface area contributed by atoms with Crippen LogP contribution in [0, 0.1) is 0 Å². The number of carbonyl (C=O) groups excluding carboxylic acids is 2. The van der Waals surface area contributed by atoms with Crippen LogP contribution in [0.2, 0.25) is 5.02 Å². The molecule has 3 rings (SSSR count). The number of anilines is 2. The van der Waals surface area contributed by atoms with Crippen LogP contribution in [0.15, 0.2) is 42.5 Å². The number of halogens is 1. The molecule has 0 saturated carbocycles. The summed E-state index contributed by atoms with van der Waals surface area (Å²) in [5, 5.41) is 6.56. The lowest BCUT2D eigenvalue weighted by molar-refractivity contribution is -0.119. The fourth-order valence-corrected chi connectivity index (χ4v) is 2.92. The Bertz CT molecular complexity index is 792.